The van der Waals surface area contributed by atoms with Gasteiger partial charge in [-0.1, -0.05) is 32.0 Å². The third-order valence-electron chi connectivity index (χ3n) is 3.40. The van der Waals surface area contributed by atoms with E-state index < -0.39 is 0 Å². The summed E-state index contributed by atoms with van der Waals surface area (Å²) in [5, 5.41) is 21.6. The molecule has 3 N–H and O–H groups in total. The first-order chi connectivity index (χ1) is 8.59. The molecule has 1 heterocycles. The van der Waals surface area contributed by atoms with Gasteiger partial charge in [-0.05, 0) is 23.6 Å². The molecule has 0 aliphatic rings. The summed E-state index contributed by atoms with van der Waals surface area (Å²) >= 11 is 0. The lowest BCUT2D eigenvalue weighted by Gasteiger charge is -2.07. The van der Waals surface area contributed by atoms with Crippen molar-refractivity contribution in [3.8, 4) is 11.5 Å². The fourth-order valence-electron chi connectivity index (χ4n) is 2.50. The number of rotatable bonds is 1. The topological polar surface area (TPSA) is 56.2 Å². The predicted octanol–water partition coefficient (Wildman–Crippen LogP) is 3.86. The molecule has 1 aromatic heterocycles. The van der Waals surface area contributed by atoms with Gasteiger partial charge in [-0.3, -0.25) is 0 Å². The van der Waals surface area contributed by atoms with E-state index in [-0.39, 0.29) is 11.5 Å². The van der Waals surface area contributed by atoms with Gasteiger partial charge >= 0.3 is 0 Å². The average Bonchev–Trinajstić information content (AvgIpc) is 2.70. The first-order valence-corrected chi connectivity index (χ1v) is 6.05. The molecule has 0 aliphatic heterocycles. The van der Waals surface area contributed by atoms with Gasteiger partial charge in [0.2, 0.25) is 0 Å². The molecule has 3 heteroatoms. The third kappa shape index (κ3) is 1.37. The van der Waals surface area contributed by atoms with E-state index >= 15 is 0 Å². The molecule has 0 saturated heterocycles. The molecular formula is C15H15NO2. The molecular weight excluding hydrogens is 226 g/mol. The molecule has 3 rings (SSSR count). The van der Waals surface area contributed by atoms with E-state index in [1.807, 2.05) is 12.1 Å². The van der Waals surface area contributed by atoms with Crippen LogP contribution in [0.1, 0.15) is 25.3 Å². The number of phenolic OH excluding ortho intramolecular Hbond substituents is 2. The molecule has 0 radical (unpaired) electrons. The second-order valence-corrected chi connectivity index (χ2v) is 4.90. The Hall–Kier alpha value is -2.16. The van der Waals surface area contributed by atoms with Crippen LogP contribution < -0.4 is 0 Å². The Kier molecular flexibility index (Phi) is 2.23. The monoisotopic (exact) mass is 241 g/mol. The largest absolute Gasteiger partial charge is 0.507 e. The highest BCUT2D eigenvalue weighted by molar-refractivity contribution is 6.12. The van der Waals surface area contributed by atoms with E-state index in [2.05, 4.69) is 18.8 Å². The molecule has 3 aromatic rings. The maximum Gasteiger partial charge on any atom is 0.139 e. The van der Waals surface area contributed by atoms with Gasteiger partial charge in [-0.15, -0.1) is 0 Å². The van der Waals surface area contributed by atoms with Crippen molar-refractivity contribution in [3.05, 3.63) is 35.9 Å². The van der Waals surface area contributed by atoms with Crippen LogP contribution in [-0.2, 0) is 0 Å². The Bertz CT molecular complexity index is 741. The summed E-state index contributed by atoms with van der Waals surface area (Å²) in [6.45, 7) is 4.22. The van der Waals surface area contributed by atoms with Crippen LogP contribution in [0.5, 0.6) is 11.5 Å². The first kappa shape index (κ1) is 11.0. The zero-order valence-corrected chi connectivity index (χ0v) is 10.4. The smallest absolute Gasteiger partial charge is 0.139 e. The number of benzene rings is 2. The minimum atomic E-state index is 0.206. The summed E-state index contributed by atoms with van der Waals surface area (Å²) in [4.78, 5) is 3.23. The van der Waals surface area contributed by atoms with Crippen LogP contribution in [0.15, 0.2) is 30.3 Å². The molecule has 92 valence electrons. The Labute approximate surface area is 105 Å². The summed E-state index contributed by atoms with van der Waals surface area (Å²) in [7, 11) is 0. The van der Waals surface area contributed by atoms with Crippen molar-refractivity contribution >= 4 is 21.8 Å². The molecule has 0 spiro atoms. The summed E-state index contributed by atoms with van der Waals surface area (Å²) < 4.78 is 0. The van der Waals surface area contributed by atoms with Gasteiger partial charge in [0.1, 0.15) is 11.5 Å². The molecule has 0 unspecified atom stereocenters. The average molecular weight is 241 g/mol. The molecule has 3 nitrogen and oxygen atoms in total. The molecule has 0 amide bonds. The fraction of sp³-hybridized carbons (Fsp3) is 0.200. The fourth-order valence-corrected chi connectivity index (χ4v) is 2.50. The van der Waals surface area contributed by atoms with Gasteiger partial charge < -0.3 is 15.2 Å². The number of aromatic hydroxyl groups is 2. The molecule has 0 aliphatic carbocycles. The standard InChI is InChI=1S/C15H15NO2/c1-8(2)9-6-7-11(17)13-10-4-3-5-12(18)14(10)16-15(9)13/h3-8,16-18H,1-2H3. The molecule has 2 aromatic carbocycles. The SMILES string of the molecule is CC(C)c1ccc(O)c2c1[nH]c1c(O)cccc12. The Morgan fingerprint density at radius 3 is 2.44 bits per heavy atom. The number of hydrogen-bond acceptors (Lipinski definition) is 2. The number of nitrogens with one attached hydrogen (secondary N) is 1. The van der Waals surface area contributed by atoms with E-state index in [4.69, 9.17) is 0 Å². The zero-order chi connectivity index (χ0) is 12.9. The van der Waals surface area contributed by atoms with Gasteiger partial charge in [0.25, 0.3) is 0 Å². The van der Waals surface area contributed by atoms with Crippen molar-refractivity contribution in [2.75, 3.05) is 0 Å². The van der Waals surface area contributed by atoms with Gasteiger partial charge in [-0.2, -0.15) is 0 Å². The van der Waals surface area contributed by atoms with Crippen LogP contribution in [0.3, 0.4) is 0 Å². The maximum atomic E-state index is 10.1. The van der Waals surface area contributed by atoms with Crippen molar-refractivity contribution in [1.82, 2.24) is 4.98 Å². The lowest BCUT2D eigenvalue weighted by atomic mass is 9.99. The summed E-state index contributed by atoms with van der Waals surface area (Å²) in [6.07, 6.45) is 0. The Morgan fingerprint density at radius 1 is 0.944 bits per heavy atom. The van der Waals surface area contributed by atoms with E-state index in [0.29, 0.717) is 11.4 Å². The van der Waals surface area contributed by atoms with Crippen molar-refractivity contribution in [2.45, 2.75) is 19.8 Å². The summed E-state index contributed by atoms with van der Waals surface area (Å²) in [5.74, 6) is 0.798. The maximum absolute atomic E-state index is 10.1. The van der Waals surface area contributed by atoms with E-state index in [1.165, 1.54) is 0 Å². The normalized spacial score (nSPS) is 11.7. The molecule has 0 saturated carbocycles. The summed E-state index contributed by atoms with van der Waals surface area (Å²) in [6, 6.07) is 8.97. The van der Waals surface area contributed by atoms with Crippen LogP contribution in [0.2, 0.25) is 0 Å². The van der Waals surface area contributed by atoms with Crippen LogP contribution in [0, 0.1) is 0 Å². The highest BCUT2D eigenvalue weighted by Gasteiger charge is 2.15. The highest BCUT2D eigenvalue weighted by Crippen LogP contribution is 2.39. The number of para-hydroxylation sites is 1. The van der Waals surface area contributed by atoms with Crippen molar-refractivity contribution in [1.29, 1.82) is 0 Å². The van der Waals surface area contributed by atoms with Crippen molar-refractivity contribution < 1.29 is 10.2 Å². The molecule has 0 fully saturated rings. The molecule has 0 atom stereocenters. The minimum Gasteiger partial charge on any atom is -0.507 e. The first-order valence-electron chi connectivity index (χ1n) is 6.05. The number of phenols is 2. The highest BCUT2D eigenvalue weighted by atomic mass is 16.3. The van der Waals surface area contributed by atoms with Crippen LogP contribution in [0.4, 0.5) is 0 Å². The summed E-state index contributed by atoms with van der Waals surface area (Å²) in [5.41, 5.74) is 2.72. The third-order valence-corrected chi connectivity index (χ3v) is 3.40. The van der Waals surface area contributed by atoms with Gasteiger partial charge in [0, 0.05) is 10.8 Å². The second-order valence-electron chi connectivity index (χ2n) is 4.90. The second kappa shape index (κ2) is 3.67. The number of H-pyrrole nitrogens is 1. The van der Waals surface area contributed by atoms with E-state index in [0.717, 1.165) is 21.9 Å². The lowest BCUT2D eigenvalue weighted by Crippen LogP contribution is -1.88. The number of aromatic amines is 1. The predicted molar refractivity (Wildman–Crippen MR) is 73.2 cm³/mol. The Balaban J connectivity index is 2.56. The van der Waals surface area contributed by atoms with Crippen molar-refractivity contribution in [2.24, 2.45) is 0 Å². The zero-order valence-electron chi connectivity index (χ0n) is 10.4. The van der Waals surface area contributed by atoms with Crippen molar-refractivity contribution in [3.63, 3.8) is 0 Å². The van der Waals surface area contributed by atoms with E-state index in [1.54, 1.807) is 18.2 Å². The molecule has 18 heavy (non-hydrogen) atoms. The van der Waals surface area contributed by atoms with Crippen LogP contribution in [0.25, 0.3) is 21.8 Å². The van der Waals surface area contributed by atoms with Crippen LogP contribution >= 0.6 is 0 Å². The lowest BCUT2D eigenvalue weighted by molar-refractivity contribution is 0.480. The van der Waals surface area contributed by atoms with Gasteiger partial charge in [0.05, 0.1) is 11.0 Å². The van der Waals surface area contributed by atoms with Gasteiger partial charge in [-0.25, -0.2) is 0 Å². The number of fused-ring (bicyclic) bond motifs is 3. The molecule has 0 bridgehead atoms. The van der Waals surface area contributed by atoms with E-state index in [9.17, 15) is 10.2 Å². The van der Waals surface area contributed by atoms with Crippen LogP contribution in [-0.4, -0.2) is 15.2 Å². The van der Waals surface area contributed by atoms with Gasteiger partial charge in [0.15, 0.2) is 0 Å². The number of aromatic nitrogens is 1. The quantitative estimate of drug-likeness (QED) is 0.606. The number of hydrogen-bond donors (Lipinski definition) is 3. The minimum absolute atomic E-state index is 0.206. The Morgan fingerprint density at radius 2 is 1.72 bits per heavy atom.